The van der Waals surface area contributed by atoms with Gasteiger partial charge in [0, 0.05) is 33.1 Å². The highest BCUT2D eigenvalue weighted by Gasteiger charge is 2.23. The maximum atomic E-state index is 6.71. The molecule has 52 heavy (non-hydrogen) atoms. The first-order chi connectivity index (χ1) is 25.8. The van der Waals surface area contributed by atoms with Crippen LogP contribution >= 0.6 is 0 Å². The molecular weight excluding hydrogens is 631 g/mol. The molecule has 10 rings (SSSR count). The van der Waals surface area contributed by atoms with Crippen LogP contribution in [0.3, 0.4) is 0 Å². The van der Waals surface area contributed by atoms with Gasteiger partial charge in [-0.25, -0.2) is 0 Å². The van der Waals surface area contributed by atoms with Crippen molar-refractivity contribution >= 4 is 60.5 Å². The van der Waals surface area contributed by atoms with Gasteiger partial charge in [-0.1, -0.05) is 158 Å². The third-order valence-electron chi connectivity index (χ3n) is 10.3. The van der Waals surface area contributed by atoms with E-state index in [9.17, 15) is 0 Å². The normalized spacial score (nSPS) is 11.5. The van der Waals surface area contributed by atoms with Crippen molar-refractivity contribution in [3.8, 4) is 33.4 Å². The van der Waals surface area contributed by atoms with Crippen molar-refractivity contribution in [2.24, 2.45) is 0 Å². The minimum Gasteiger partial charge on any atom is -0.455 e. The molecule has 0 aliphatic carbocycles. The van der Waals surface area contributed by atoms with Crippen LogP contribution in [-0.4, -0.2) is 0 Å². The number of rotatable bonds is 6. The minimum absolute atomic E-state index is 0.883. The van der Waals surface area contributed by atoms with Gasteiger partial charge in [0.2, 0.25) is 0 Å². The molecule has 2 heteroatoms. The zero-order chi connectivity index (χ0) is 34.4. The van der Waals surface area contributed by atoms with Crippen molar-refractivity contribution in [1.82, 2.24) is 0 Å². The lowest BCUT2D eigenvalue weighted by atomic mass is 9.91. The summed E-state index contributed by atoms with van der Waals surface area (Å²) in [6.45, 7) is 0. The number of benzene rings is 9. The zero-order valence-electron chi connectivity index (χ0n) is 28.4. The highest BCUT2D eigenvalue weighted by molar-refractivity contribution is 6.22. The van der Waals surface area contributed by atoms with Crippen molar-refractivity contribution in [3.63, 3.8) is 0 Å². The van der Waals surface area contributed by atoms with Crippen molar-refractivity contribution in [1.29, 1.82) is 0 Å². The molecule has 0 amide bonds. The van der Waals surface area contributed by atoms with Crippen LogP contribution < -0.4 is 4.90 Å². The molecule has 0 saturated carbocycles. The van der Waals surface area contributed by atoms with E-state index < -0.39 is 0 Å². The fraction of sp³-hybridized carbons (Fsp3) is 0. The quantitative estimate of drug-likeness (QED) is 0.176. The lowest BCUT2D eigenvalue weighted by molar-refractivity contribution is 0.673. The molecular formula is C50H33NO. The lowest BCUT2D eigenvalue weighted by Crippen LogP contribution is -2.11. The van der Waals surface area contributed by atoms with Crippen LogP contribution in [0.2, 0.25) is 0 Å². The van der Waals surface area contributed by atoms with E-state index in [1.807, 2.05) is 0 Å². The average Bonchev–Trinajstić information content (AvgIpc) is 3.62. The van der Waals surface area contributed by atoms with Crippen LogP contribution in [0.15, 0.2) is 205 Å². The summed E-state index contributed by atoms with van der Waals surface area (Å²) in [5.74, 6) is 0. The van der Waals surface area contributed by atoms with Crippen LogP contribution in [0, 0.1) is 0 Å². The molecule has 0 spiro atoms. The molecule has 1 heterocycles. The first-order valence-corrected chi connectivity index (χ1v) is 17.8. The highest BCUT2D eigenvalue weighted by atomic mass is 16.3. The highest BCUT2D eigenvalue weighted by Crippen LogP contribution is 2.48. The van der Waals surface area contributed by atoms with Gasteiger partial charge in [-0.05, 0) is 86.4 Å². The summed E-state index contributed by atoms with van der Waals surface area (Å²) >= 11 is 0. The molecule has 10 aromatic rings. The third-order valence-corrected chi connectivity index (χ3v) is 10.3. The van der Waals surface area contributed by atoms with Crippen molar-refractivity contribution < 1.29 is 4.42 Å². The number of hydrogen-bond acceptors (Lipinski definition) is 2. The molecule has 0 radical (unpaired) electrons. The van der Waals surface area contributed by atoms with Gasteiger partial charge in [-0.2, -0.15) is 0 Å². The Morgan fingerprint density at radius 2 is 0.865 bits per heavy atom. The van der Waals surface area contributed by atoms with E-state index in [0.29, 0.717) is 0 Å². The standard InChI is InChI=1S/C50H33NO/c1-3-12-34(13-4-1)36-22-28-40(29-23-36)51(41-30-24-37(25-31-41)35-14-5-2-6-15-35)46-33-27-38-16-7-9-18-42(38)48(46)44-20-11-21-47-49(44)45-32-26-39-17-8-10-19-43(39)50(45)52-47/h1-33H. The van der Waals surface area contributed by atoms with Crippen molar-refractivity contribution in [2.75, 3.05) is 4.90 Å². The maximum Gasteiger partial charge on any atom is 0.143 e. The number of nitrogens with zero attached hydrogens (tertiary/aromatic N) is 1. The fourth-order valence-corrected chi connectivity index (χ4v) is 7.79. The van der Waals surface area contributed by atoms with Crippen LogP contribution in [0.5, 0.6) is 0 Å². The molecule has 2 nitrogen and oxygen atoms in total. The lowest BCUT2D eigenvalue weighted by Gasteiger charge is -2.29. The summed E-state index contributed by atoms with van der Waals surface area (Å²) in [6, 6.07) is 71.7. The molecule has 0 atom stereocenters. The molecule has 0 unspecified atom stereocenters. The molecule has 0 saturated heterocycles. The second kappa shape index (κ2) is 12.5. The largest absolute Gasteiger partial charge is 0.455 e. The van der Waals surface area contributed by atoms with Crippen LogP contribution in [-0.2, 0) is 0 Å². The summed E-state index contributed by atoms with van der Waals surface area (Å²) < 4.78 is 6.71. The number of anilines is 3. The van der Waals surface area contributed by atoms with Crippen LogP contribution in [0.1, 0.15) is 0 Å². The Kier molecular flexibility index (Phi) is 7.18. The number of fused-ring (bicyclic) bond motifs is 6. The summed E-state index contributed by atoms with van der Waals surface area (Å²) in [6.07, 6.45) is 0. The smallest absolute Gasteiger partial charge is 0.143 e. The molecule has 9 aromatic carbocycles. The molecule has 0 bridgehead atoms. The fourth-order valence-electron chi connectivity index (χ4n) is 7.79. The number of furan rings is 1. The van der Waals surface area contributed by atoms with E-state index in [0.717, 1.165) is 50.0 Å². The molecule has 244 valence electrons. The Bertz CT molecular complexity index is 2790. The zero-order valence-corrected chi connectivity index (χ0v) is 28.4. The second-order valence-corrected chi connectivity index (χ2v) is 13.3. The first-order valence-electron chi connectivity index (χ1n) is 17.8. The van der Waals surface area contributed by atoms with Gasteiger partial charge in [-0.15, -0.1) is 0 Å². The SMILES string of the molecule is c1ccc(-c2ccc(N(c3ccc(-c4ccccc4)cc3)c3ccc4ccccc4c3-c3cccc4oc5c6ccccc6ccc5c34)cc2)cc1. The Balaban J connectivity index is 1.24. The summed E-state index contributed by atoms with van der Waals surface area (Å²) in [4.78, 5) is 2.40. The minimum atomic E-state index is 0.883. The summed E-state index contributed by atoms with van der Waals surface area (Å²) in [5, 5.41) is 6.92. The first kappa shape index (κ1) is 30.0. The van der Waals surface area contributed by atoms with E-state index in [1.54, 1.807) is 0 Å². The molecule has 0 N–H and O–H groups in total. The van der Waals surface area contributed by atoms with Gasteiger partial charge in [-0.3, -0.25) is 0 Å². The van der Waals surface area contributed by atoms with Gasteiger partial charge in [0.25, 0.3) is 0 Å². The van der Waals surface area contributed by atoms with Crippen LogP contribution in [0.4, 0.5) is 17.1 Å². The van der Waals surface area contributed by atoms with Gasteiger partial charge < -0.3 is 9.32 Å². The second-order valence-electron chi connectivity index (χ2n) is 13.3. The Morgan fingerprint density at radius 3 is 1.50 bits per heavy atom. The number of hydrogen-bond donors (Lipinski definition) is 0. The predicted octanol–water partition coefficient (Wildman–Crippen LogP) is 14.4. The predicted molar refractivity (Wildman–Crippen MR) is 220 cm³/mol. The van der Waals surface area contributed by atoms with E-state index in [4.69, 9.17) is 4.42 Å². The Morgan fingerprint density at radius 1 is 0.346 bits per heavy atom. The monoisotopic (exact) mass is 663 g/mol. The van der Waals surface area contributed by atoms with Crippen LogP contribution in [0.25, 0.3) is 76.9 Å². The maximum absolute atomic E-state index is 6.71. The molecule has 0 fully saturated rings. The Hall–Kier alpha value is -6.90. The van der Waals surface area contributed by atoms with Gasteiger partial charge in [0.05, 0.1) is 5.69 Å². The summed E-state index contributed by atoms with van der Waals surface area (Å²) in [7, 11) is 0. The van der Waals surface area contributed by atoms with Gasteiger partial charge in [0.1, 0.15) is 11.2 Å². The van der Waals surface area contributed by atoms with E-state index in [2.05, 4.69) is 205 Å². The van der Waals surface area contributed by atoms with Gasteiger partial charge >= 0.3 is 0 Å². The molecule has 0 aliphatic rings. The van der Waals surface area contributed by atoms with Crippen molar-refractivity contribution in [2.45, 2.75) is 0 Å². The molecule has 0 aliphatic heterocycles. The van der Waals surface area contributed by atoms with E-state index >= 15 is 0 Å². The summed E-state index contributed by atoms with van der Waals surface area (Å²) in [5.41, 5.74) is 12.1. The van der Waals surface area contributed by atoms with E-state index in [1.165, 1.54) is 44.0 Å². The third kappa shape index (κ3) is 5.04. The molecule has 1 aromatic heterocycles. The topological polar surface area (TPSA) is 16.4 Å². The Labute approximate surface area is 302 Å². The average molecular weight is 664 g/mol. The van der Waals surface area contributed by atoms with Crippen molar-refractivity contribution in [3.05, 3.63) is 200 Å². The van der Waals surface area contributed by atoms with Gasteiger partial charge in [0.15, 0.2) is 0 Å². The van der Waals surface area contributed by atoms with E-state index in [-0.39, 0.29) is 0 Å².